The van der Waals surface area contributed by atoms with Gasteiger partial charge in [0.2, 0.25) is 5.75 Å². The lowest BCUT2D eigenvalue weighted by Gasteiger charge is -2.29. The zero-order chi connectivity index (χ0) is 23.7. The number of nitrogens with zero attached hydrogens (tertiary/aromatic N) is 1. The van der Waals surface area contributed by atoms with Gasteiger partial charge in [0.1, 0.15) is 5.60 Å². The number of nitrogens with one attached hydrogen (secondary N) is 3. The van der Waals surface area contributed by atoms with Gasteiger partial charge in [-0.2, -0.15) is 0 Å². The SMILES string of the molecule is CCNC(=NCc1cc(OC)c(OC)c(OC)c1)NCC(C)(C)NC(=O)OC(C)(C)C.I. The van der Waals surface area contributed by atoms with Gasteiger partial charge < -0.3 is 34.9 Å². The monoisotopic (exact) mass is 566 g/mol. The number of methoxy groups -OCH3 is 3. The fourth-order valence-electron chi connectivity index (χ4n) is 2.67. The van der Waals surface area contributed by atoms with Crippen LogP contribution >= 0.6 is 24.0 Å². The summed E-state index contributed by atoms with van der Waals surface area (Å²) in [5.74, 6) is 2.31. The molecule has 9 nitrogen and oxygen atoms in total. The van der Waals surface area contributed by atoms with Crippen molar-refractivity contribution in [1.82, 2.24) is 16.0 Å². The van der Waals surface area contributed by atoms with Crippen LogP contribution in [0.1, 0.15) is 47.1 Å². The van der Waals surface area contributed by atoms with Crippen molar-refractivity contribution in [3.05, 3.63) is 17.7 Å². The van der Waals surface area contributed by atoms with Crippen molar-refractivity contribution in [2.45, 2.75) is 59.2 Å². The third-order valence-electron chi connectivity index (χ3n) is 4.03. The van der Waals surface area contributed by atoms with Crippen molar-refractivity contribution in [2.24, 2.45) is 4.99 Å². The minimum atomic E-state index is -0.551. The lowest BCUT2D eigenvalue weighted by atomic mass is 10.1. The van der Waals surface area contributed by atoms with Crippen LogP contribution in [0.3, 0.4) is 0 Å². The van der Waals surface area contributed by atoms with Crippen LogP contribution in [0, 0.1) is 0 Å². The van der Waals surface area contributed by atoms with Crippen LogP contribution in [-0.4, -0.2) is 57.6 Å². The highest BCUT2D eigenvalue weighted by molar-refractivity contribution is 14.0. The second-order valence-corrected chi connectivity index (χ2v) is 8.59. The van der Waals surface area contributed by atoms with E-state index in [0.29, 0.717) is 42.8 Å². The fourth-order valence-corrected chi connectivity index (χ4v) is 2.67. The molecule has 0 aliphatic rings. The molecule has 0 unspecified atom stereocenters. The van der Waals surface area contributed by atoms with Gasteiger partial charge in [0, 0.05) is 13.1 Å². The third kappa shape index (κ3) is 10.5. The van der Waals surface area contributed by atoms with Gasteiger partial charge in [-0.1, -0.05) is 0 Å². The topological polar surface area (TPSA) is 102 Å². The molecule has 0 spiro atoms. The van der Waals surface area contributed by atoms with E-state index in [1.165, 1.54) is 0 Å². The molecule has 0 aromatic heterocycles. The Bertz CT molecular complexity index is 738. The average Bonchev–Trinajstić information content (AvgIpc) is 2.67. The van der Waals surface area contributed by atoms with E-state index in [2.05, 4.69) is 20.9 Å². The predicted molar refractivity (Wildman–Crippen MR) is 138 cm³/mol. The maximum atomic E-state index is 12.1. The van der Waals surface area contributed by atoms with Gasteiger partial charge in [0.05, 0.1) is 33.4 Å². The highest BCUT2D eigenvalue weighted by Crippen LogP contribution is 2.38. The van der Waals surface area contributed by atoms with Crippen LogP contribution in [0.4, 0.5) is 4.79 Å². The number of benzene rings is 1. The van der Waals surface area contributed by atoms with Gasteiger partial charge in [-0.15, -0.1) is 24.0 Å². The summed E-state index contributed by atoms with van der Waals surface area (Å²) in [4.78, 5) is 16.7. The Morgan fingerprint density at radius 2 is 1.53 bits per heavy atom. The highest BCUT2D eigenvalue weighted by Gasteiger charge is 2.24. The molecule has 1 aromatic carbocycles. The number of aliphatic imine (C=N–C) groups is 1. The van der Waals surface area contributed by atoms with E-state index >= 15 is 0 Å². The Labute approximate surface area is 209 Å². The molecule has 0 radical (unpaired) electrons. The predicted octanol–water partition coefficient (Wildman–Crippen LogP) is 3.69. The number of amides is 1. The molecule has 0 heterocycles. The lowest BCUT2D eigenvalue weighted by molar-refractivity contribution is 0.0474. The molecule has 1 aromatic rings. The van der Waals surface area contributed by atoms with E-state index in [0.717, 1.165) is 5.56 Å². The van der Waals surface area contributed by atoms with Crippen molar-refractivity contribution in [1.29, 1.82) is 0 Å². The number of guanidine groups is 1. The van der Waals surface area contributed by atoms with E-state index in [1.54, 1.807) is 21.3 Å². The molecule has 10 heteroatoms. The van der Waals surface area contributed by atoms with Crippen LogP contribution in [0.2, 0.25) is 0 Å². The second-order valence-electron chi connectivity index (χ2n) is 8.59. The highest BCUT2D eigenvalue weighted by atomic mass is 127. The molecule has 0 saturated heterocycles. The summed E-state index contributed by atoms with van der Waals surface area (Å²) in [6.07, 6.45) is -0.460. The summed E-state index contributed by atoms with van der Waals surface area (Å²) in [6, 6.07) is 3.73. The van der Waals surface area contributed by atoms with Crippen molar-refractivity contribution in [2.75, 3.05) is 34.4 Å². The van der Waals surface area contributed by atoms with Crippen LogP contribution in [0.5, 0.6) is 17.2 Å². The molecular formula is C22H39IN4O5. The van der Waals surface area contributed by atoms with Gasteiger partial charge in [0.25, 0.3) is 0 Å². The fraction of sp³-hybridized carbons (Fsp3) is 0.636. The molecule has 3 N–H and O–H groups in total. The van der Waals surface area contributed by atoms with Crippen molar-refractivity contribution in [3.63, 3.8) is 0 Å². The largest absolute Gasteiger partial charge is 0.493 e. The van der Waals surface area contributed by atoms with Crippen LogP contribution in [0.25, 0.3) is 0 Å². The zero-order valence-corrected chi connectivity index (χ0v) is 23.0. The molecule has 0 saturated carbocycles. The molecule has 184 valence electrons. The van der Waals surface area contributed by atoms with Gasteiger partial charge in [-0.05, 0) is 59.2 Å². The van der Waals surface area contributed by atoms with E-state index in [-0.39, 0.29) is 24.0 Å². The number of ether oxygens (including phenoxy) is 4. The molecule has 0 fully saturated rings. The van der Waals surface area contributed by atoms with Crippen molar-refractivity contribution in [3.8, 4) is 17.2 Å². The minimum Gasteiger partial charge on any atom is -0.493 e. The molecule has 1 rings (SSSR count). The van der Waals surface area contributed by atoms with Crippen molar-refractivity contribution < 1.29 is 23.7 Å². The number of hydrogen-bond donors (Lipinski definition) is 3. The Kier molecular flexibility index (Phi) is 12.6. The van der Waals surface area contributed by atoms with E-state index in [4.69, 9.17) is 18.9 Å². The molecule has 1 amide bonds. The summed E-state index contributed by atoms with van der Waals surface area (Å²) >= 11 is 0. The van der Waals surface area contributed by atoms with Gasteiger partial charge in [-0.3, -0.25) is 0 Å². The Morgan fingerprint density at radius 3 is 1.97 bits per heavy atom. The maximum absolute atomic E-state index is 12.1. The quantitative estimate of drug-likeness (QED) is 0.238. The standard InChI is InChI=1S/C22H38N4O5.HI/c1-10-23-19(25-14-22(5,6)26-20(27)31-21(2,3)4)24-13-15-11-16(28-7)18(30-9)17(12-15)29-8;/h11-12H,10,13-14H2,1-9H3,(H,26,27)(H2,23,24,25);1H. The maximum Gasteiger partial charge on any atom is 0.408 e. The van der Waals surface area contributed by atoms with Crippen LogP contribution in [0.15, 0.2) is 17.1 Å². The van der Waals surface area contributed by atoms with Gasteiger partial charge in [-0.25, -0.2) is 9.79 Å². The zero-order valence-electron chi connectivity index (χ0n) is 20.7. The molecule has 0 aliphatic heterocycles. The summed E-state index contributed by atoms with van der Waals surface area (Å²) in [5, 5.41) is 9.34. The molecule has 32 heavy (non-hydrogen) atoms. The van der Waals surface area contributed by atoms with Gasteiger partial charge in [0.15, 0.2) is 17.5 Å². The first-order chi connectivity index (χ1) is 14.4. The number of carbonyl (C=O) groups is 1. The third-order valence-corrected chi connectivity index (χ3v) is 4.03. The van der Waals surface area contributed by atoms with Crippen LogP contribution < -0.4 is 30.2 Å². The van der Waals surface area contributed by atoms with Crippen molar-refractivity contribution >= 4 is 36.0 Å². The summed E-state index contributed by atoms with van der Waals surface area (Å²) in [6.45, 7) is 12.8. The number of carbonyl (C=O) groups excluding carboxylic acids is 1. The number of alkyl carbamates (subject to hydrolysis) is 1. The first kappa shape index (κ1) is 29.9. The van der Waals surface area contributed by atoms with E-state index in [9.17, 15) is 4.79 Å². The van der Waals surface area contributed by atoms with Gasteiger partial charge >= 0.3 is 6.09 Å². The summed E-state index contributed by atoms with van der Waals surface area (Å²) in [7, 11) is 4.73. The first-order valence-electron chi connectivity index (χ1n) is 10.3. The number of hydrogen-bond acceptors (Lipinski definition) is 6. The molecule has 0 bridgehead atoms. The Balaban J connectivity index is 0.00000961. The summed E-state index contributed by atoms with van der Waals surface area (Å²) < 4.78 is 21.5. The molecule has 0 atom stereocenters. The minimum absolute atomic E-state index is 0. The Hall–Kier alpha value is -2.11. The van der Waals surface area contributed by atoms with E-state index < -0.39 is 17.2 Å². The smallest absolute Gasteiger partial charge is 0.408 e. The van der Waals surface area contributed by atoms with Crippen LogP contribution in [-0.2, 0) is 11.3 Å². The Morgan fingerprint density at radius 1 is 0.969 bits per heavy atom. The number of rotatable bonds is 9. The molecular weight excluding hydrogens is 527 g/mol. The second kappa shape index (κ2) is 13.4. The lowest BCUT2D eigenvalue weighted by Crippen LogP contribution is -2.54. The van der Waals surface area contributed by atoms with E-state index in [1.807, 2.05) is 53.7 Å². The number of halogens is 1. The normalized spacial score (nSPS) is 11.7. The summed E-state index contributed by atoms with van der Waals surface area (Å²) in [5.41, 5.74) is -0.201. The average molecular weight is 566 g/mol. The first-order valence-corrected chi connectivity index (χ1v) is 10.3. The molecule has 0 aliphatic carbocycles.